The van der Waals surface area contributed by atoms with E-state index in [-0.39, 0.29) is 0 Å². The van der Waals surface area contributed by atoms with E-state index >= 15 is 0 Å². The Morgan fingerprint density at radius 3 is 2.68 bits per heavy atom. The molecule has 0 saturated carbocycles. The highest BCUT2D eigenvalue weighted by molar-refractivity contribution is 5.22. The molecule has 2 rings (SSSR count). The first-order valence-electron chi connectivity index (χ1n) is 7.70. The molecule has 1 aromatic carbocycles. The molecule has 1 aromatic rings. The lowest BCUT2D eigenvalue weighted by atomic mass is 9.90. The fraction of sp³-hybridized carbons (Fsp3) is 0.647. The van der Waals surface area contributed by atoms with E-state index in [1.807, 2.05) is 0 Å². The summed E-state index contributed by atoms with van der Waals surface area (Å²) in [6.45, 7) is 11.4. The molecule has 1 unspecified atom stereocenters. The van der Waals surface area contributed by atoms with E-state index in [4.69, 9.17) is 0 Å². The normalized spacial score (nSPS) is 19.5. The summed E-state index contributed by atoms with van der Waals surface area (Å²) in [5.74, 6) is 0.855. The standard InChI is InChI=1S/C17H28N2/c1-4-18-15(3)17-8-10-19(11-9-17)13-16-7-5-6-14(2)12-16/h5-7,12,15,17-18H,4,8-11,13H2,1-3H3. The molecule has 0 bridgehead atoms. The van der Waals surface area contributed by atoms with Crippen molar-refractivity contribution in [1.82, 2.24) is 10.2 Å². The van der Waals surface area contributed by atoms with Crippen molar-refractivity contribution in [3.05, 3.63) is 35.4 Å². The molecule has 2 heteroatoms. The highest BCUT2D eigenvalue weighted by Crippen LogP contribution is 2.22. The number of hydrogen-bond acceptors (Lipinski definition) is 2. The summed E-state index contributed by atoms with van der Waals surface area (Å²) in [4.78, 5) is 2.60. The number of piperidine rings is 1. The van der Waals surface area contributed by atoms with Crippen LogP contribution in [-0.2, 0) is 6.54 Å². The molecular weight excluding hydrogens is 232 g/mol. The van der Waals surface area contributed by atoms with Gasteiger partial charge in [-0.15, -0.1) is 0 Å². The Labute approximate surface area is 118 Å². The van der Waals surface area contributed by atoms with E-state index in [1.165, 1.54) is 37.1 Å². The average molecular weight is 260 g/mol. The van der Waals surface area contributed by atoms with Crippen LogP contribution >= 0.6 is 0 Å². The van der Waals surface area contributed by atoms with E-state index in [9.17, 15) is 0 Å². The molecule has 1 aliphatic heterocycles. The molecule has 1 fully saturated rings. The van der Waals surface area contributed by atoms with Gasteiger partial charge >= 0.3 is 0 Å². The molecule has 1 saturated heterocycles. The second-order valence-electron chi connectivity index (χ2n) is 5.95. The second kappa shape index (κ2) is 7.06. The SMILES string of the molecule is CCNC(C)C1CCN(Cc2cccc(C)c2)CC1. The van der Waals surface area contributed by atoms with Gasteiger partial charge in [0, 0.05) is 12.6 Å². The summed E-state index contributed by atoms with van der Waals surface area (Å²) in [6, 6.07) is 9.58. The van der Waals surface area contributed by atoms with Crippen LogP contribution in [0.15, 0.2) is 24.3 Å². The van der Waals surface area contributed by atoms with Crippen LogP contribution in [-0.4, -0.2) is 30.6 Å². The number of likely N-dealkylation sites (tertiary alicyclic amines) is 1. The minimum atomic E-state index is 0.672. The van der Waals surface area contributed by atoms with E-state index < -0.39 is 0 Å². The maximum absolute atomic E-state index is 3.57. The predicted octanol–water partition coefficient (Wildman–Crippen LogP) is 3.21. The Balaban J connectivity index is 1.80. The zero-order valence-corrected chi connectivity index (χ0v) is 12.7. The number of nitrogens with zero attached hydrogens (tertiary/aromatic N) is 1. The molecular formula is C17H28N2. The van der Waals surface area contributed by atoms with Crippen LogP contribution in [0.4, 0.5) is 0 Å². The average Bonchev–Trinajstić information content (AvgIpc) is 2.40. The van der Waals surface area contributed by atoms with E-state index in [1.54, 1.807) is 0 Å². The van der Waals surface area contributed by atoms with Gasteiger partial charge in [-0.3, -0.25) is 4.90 Å². The molecule has 106 valence electrons. The first kappa shape index (κ1) is 14.5. The Bertz CT molecular complexity index is 381. The van der Waals surface area contributed by atoms with Crippen molar-refractivity contribution in [2.45, 2.75) is 46.2 Å². The Hall–Kier alpha value is -0.860. The van der Waals surface area contributed by atoms with Crippen molar-refractivity contribution in [2.24, 2.45) is 5.92 Å². The van der Waals surface area contributed by atoms with Crippen LogP contribution in [0.5, 0.6) is 0 Å². The van der Waals surface area contributed by atoms with Crippen molar-refractivity contribution in [1.29, 1.82) is 0 Å². The Morgan fingerprint density at radius 1 is 1.32 bits per heavy atom. The van der Waals surface area contributed by atoms with Crippen molar-refractivity contribution in [2.75, 3.05) is 19.6 Å². The van der Waals surface area contributed by atoms with Gasteiger partial charge in [0.2, 0.25) is 0 Å². The molecule has 0 amide bonds. The number of aryl methyl sites for hydroxylation is 1. The van der Waals surface area contributed by atoms with Gasteiger partial charge in [0.15, 0.2) is 0 Å². The molecule has 1 atom stereocenters. The lowest BCUT2D eigenvalue weighted by Crippen LogP contribution is -2.41. The molecule has 0 radical (unpaired) electrons. The van der Waals surface area contributed by atoms with Gasteiger partial charge in [-0.2, -0.15) is 0 Å². The molecule has 19 heavy (non-hydrogen) atoms. The fourth-order valence-electron chi connectivity index (χ4n) is 3.17. The maximum atomic E-state index is 3.57. The van der Waals surface area contributed by atoms with Crippen LogP contribution in [0.1, 0.15) is 37.8 Å². The van der Waals surface area contributed by atoms with Crippen LogP contribution in [0.25, 0.3) is 0 Å². The predicted molar refractivity (Wildman–Crippen MR) is 82.3 cm³/mol. The number of hydrogen-bond donors (Lipinski definition) is 1. The van der Waals surface area contributed by atoms with Crippen LogP contribution in [0.2, 0.25) is 0 Å². The zero-order valence-electron chi connectivity index (χ0n) is 12.7. The first-order chi connectivity index (χ1) is 9.19. The molecule has 2 nitrogen and oxygen atoms in total. The number of benzene rings is 1. The van der Waals surface area contributed by atoms with E-state index in [2.05, 4.69) is 55.3 Å². The second-order valence-corrected chi connectivity index (χ2v) is 5.95. The minimum Gasteiger partial charge on any atom is -0.314 e. The van der Waals surface area contributed by atoms with Crippen LogP contribution in [0.3, 0.4) is 0 Å². The quantitative estimate of drug-likeness (QED) is 0.874. The van der Waals surface area contributed by atoms with Gasteiger partial charge in [0.05, 0.1) is 0 Å². The smallest absolute Gasteiger partial charge is 0.0233 e. The lowest BCUT2D eigenvalue weighted by molar-refractivity contribution is 0.157. The third kappa shape index (κ3) is 4.32. The van der Waals surface area contributed by atoms with Crippen molar-refractivity contribution in [3.8, 4) is 0 Å². The topological polar surface area (TPSA) is 15.3 Å². The van der Waals surface area contributed by atoms with Crippen molar-refractivity contribution >= 4 is 0 Å². The molecule has 1 N–H and O–H groups in total. The van der Waals surface area contributed by atoms with Crippen LogP contribution < -0.4 is 5.32 Å². The van der Waals surface area contributed by atoms with Gasteiger partial charge in [-0.05, 0) is 57.8 Å². The molecule has 0 aliphatic carbocycles. The summed E-state index contributed by atoms with van der Waals surface area (Å²) in [7, 11) is 0. The summed E-state index contributed by atoms with van der Waals surface area (Å²) in [5.41, 5.74) is 2.83. The summed E-state index contributed by atoms with van der Waals surface area (Å²) in [6.07, 6.45) is 2.67. The molecule has 0 aromatic heterocycles. The first-order valence-corrected chi connectivity index (χ1v) is 7.70. The number of rotatable bonds is 5. The van der Waals surface area contributed by atoms with E-state index in [0.717, 1.165) is 19.0 Å². The monoisotopic (exact) mass is 260 g/mol. The third-order valence-corrected chi connectivity index (χ3v) is 4.35. The largest absolute Gasteiger partial charge is 0.314 e. The van der Waals surface area contributed by atoms with Crippen LogP contribution in [0, 0.1) is 12.8 Å². The third-order valence-electron chi connectivity index (χ3n) is 4.35. The zero-order chi connectivity index (χ0) is 13.7. The minimum absolute atomic E-state index is 0.672. The summed E-state index contributed by atoms with van der Waals surface area (Å²) in [5, 5.41) is 3.57. The van der Waals surface area contributed by atoms with Gasteiger partial charge in [-0.1, -0.05) is 36.8 Å². The Kier molecular flexibility index (Phi) is 5.41. The fourth-order valence-corrected chi connectivity index (χ4v) is 3.17. The van der Waals surface area contributed by atoms with Gasteiger partial charge in [0.25, 0.3) is 0 Å². The molecule has 0 spiro atoms. The molecule has 1 aliphatic rings. The maximum Gasteiger partial charge on any atom is 0.0233 e. The van der Waals surface area contributed by atoms with Crippen molar-refractivity contribution in [3.63, 3.8) is 0 Å². The van der Waals surface area contributed by atoms with Gasteiger partial charge in [-0.25, -0.2) is 0 Å². The van der Waals surface area contributed by atoms with Crippen molar-refractivity contribution < 1.29 is 0 Å². The lowest BCUT2D eigenvalue weighted by Gasteiger charge is -2.35. The Morgan fingerprint density at radius 2 is 2.05 bits per heavy atom. The van der Waals surface area contributed by atoms with E-state index in [0.29, 0.717) is 6.04 Å². The number of nitrogens with one attached hydrogen (secondary N) is 1. The summed E-state index contributed by atoms with van der Waals surface area (Å²) >= 11 is 0. The molecule has 1 heterocycles. The highest BCUT2D eigenvalue weighted by atomic mass is 15.1. The van der Waals surface area contributed by atoms with Gasteiger partial charge in [0.1, 0.15) is 0 Å². The van der Waals surface area contributed by atoms with Gasteiger partial charge < -0.3 is 5.32 Å². The summed E-state index contributed by atoms with van der Waals surface area (Å²) < 4.78 is 0. The highest BCUT2D eigenvalue weighted by Gasteiger charge is 2.23.